The highest BCUT2D eigenvalue weighted by Crippen LogP contribution is 2.29. The molecule has 2 heterocycles. The van der Waals surface area contributed by atoms with Crippen LogP contribution in [0, 0.1) is 5.82 Å². The van der Waals surface area contributed by atoms with E-state index in [2.05, 4.69) is 20.9 Å². The highest BCUT2D eigenvalue weighted by atomic mass is 79.9. The minimum Gasteiger partial charge on any atom is -0.361 e. The number of carbonyl (C=O) groups is 3. The number of aromatic amines is 1. The number of nitrogens with zero attached hydrogens (tertiary/aromatic N) is 2. The van der Waals surface area contributed by atoms with Crippen LogP contribution < -0.4 is 4.90 Å². The molecule has 0 saturated carbocycles. The molecule has 0 aliphatic carbocycles. The average molecular weight is 534 g/mol. The number of hydrogen-bond acceptors (Lipinski definition) is 3. The van der Waals surface area contributed by atoms with E-state index in [1.807, 2.05) is 30.5 Å². The van der Waals surface area contributed by atoms with Crippen LogP contribution in [0.5, 0.6) is 0 Å². The van der Waals surface area contributed by atoms with Gasteiger partial charge in [-0.1, -0.05) is 46.3 Å². The first-order valence-corrected chi connectivity index (χ1v) is 12.0. The van der Waals surface area contributed by atoms with Crippen LogP contribution in [0.4, 0.5) is 10.1 Å². The van der Waals surface area contributed by atoms with Crippen LogP contribution in [0.15, 0.2) is 83.5 Å². The second kappa shape index (κ2) is 9.46. The summed E-state index contributed by atoms with van der Waals surface area (Å²) in [5.41, 5.74) is 2.23. The molecule has 1 N–H and O–H groups in total. The van der Waals surface area contributed by atoms with Crippen molar-refractivity contribution in [2.24, 2.45) is 0 Å². The fourth-order valence-electron chi connectivity index (χ4n) is 4.49. The molecule has 3 amide bonds. The van der Waals surface area contributed by atoms with E-state index in [9.17, 15) is 18.8 Å². The first-order valence-electron chi connectivity index (χ1n) is 11.2. The van der Waals surface area contributed by atoms with Gasteiger partial charge in [0.2, 0.25) is 5.91 Å². The van der Waals surface area contributed by atoms with Crippen LogP contribution in [-0.4, -0.2) is 40.2 Å². The molecule has 1 fully saturated rings. The zero-order valence-electron chi connectivity index (χ0n) is 18.6. The van der Waals surface area contributed by atoms with Crippen molar-refractivity contribution in [2.45, 2.75) is 18.9 Å². The number of para-hydroxylation sites is 1. The number of rotatable bonds is 6. The smallest absolute Gasteiger partial charge is 0.257 e. The Bertz CT molecular complexity index is 1430. The third-order valence-corrected chi connectivity index (χ3v) is 6.77. The van der Waals surface area contributed by atoms with Gasteiger partial charge in [0.25, 0.3) is 11.8 Å². The molecule has 8 heteroatoms. The summed E-state index contributed by atoms with van der Waals surface area (Å²) in [5.74, 6) is -2.19. The molecule has 6 nitrogen and oxygen atoms in total. The molecule has 1 aromatic heterocycles. The maximum atomic E-state index is 14.5. The molecule has 5 rings (SSSR count). The van der Waals surface area contributed by atoms with Crippen molar-refractivity contribution < 1.29 is 18.8 Å². The quantitative estimate of drug-likeness (QED) is 0.351. The lowest BCUT2D eigenvalue weighted by Gasteiger charge is -2.28. The predicted octanol–water partition coefficient (Wildman–Crippen LogP) is 5.09. The van der Waals surface area contributed by atoms with E-state index in [-0.39, 0.29) is 18.5 Å². The van der Waals surface area contributed by atoms with Crippen LogP contribution in [0.1, 0.15) is 22.3 Å². The molecule has 0 spiro atoms. The van der Waals surface area contributed by atoms with E-state index in [1.165, 1.54) is 23.1 Å². The van der Waals surface area contributed by atoms with Crippen molar-refractivity contribution in [1.82, 2.24) is 9.88 Å². The molecular weight excluding hydrogens is 513 g/mol. The molecule has 4 aromatic rings. The van der Waals surface area contributed by atoms with Crippen LogP contribution in [0.25, 0.3) is 10.9 Å². The van der Waals surface area contributed by atoms with Gasteiger partial charge in [0.1, 0.15) is 11.9 Å². The van der Waals surface area contributed by atoms with Gasteiger partial charge in [0.05, 0.1) is 17.7 Å². The Morgan fingerprint density at radius 1 is 1.03 bits per heavy atom. The summed E-state index contributed by atoms with van der Waals surface area (Å²) in [4.78, 5) is 45.5. The van der Waals surface area contributed by atoms with E-state index >= 15 is 0 Å². The number of fused-ring (bicyclic) bond motifs is 1. The van der Waals surface area contributed by atoms with Crippen LogP contribution in [0.3, 0.4) is 0 Å². The maximum absolute atomic E-state index is 14.5. The van der Waals surface area contributed by atoms with Crippen molar-refractivity contribution >= 4 is 50.2 Å². The van der Waals surface area contributed by atoms with E-state index in [0.717, 1.165) is 25.8 Å². The Labute approximate surface area is 209 Å². The number of H-pyrrole nitrogens is 1. The van der Waals surface area contributed by atoms with Gasteiger partial charge in [-0.15, -0.1) is 0 Å². The Hall–Kier alpha value is -3.78. The normalized spacial score (nSPS) is 15.7. The summed E-state index contributed by atoms with van der Waals surface area (Å²) in [5, 5.41) is 1.01. The Morgan fingerprint density at radius 3 is 2.51 bits per heavy atom. The first kappa shape index (κ1) is 23.0. The van der Waals surface area contributed by atoms with Crippen molar-refractivity contribution in [2.75, 3.05) is 11.4 Å². The van der Waals surface area contributed by atoms with E-state index < -0.39 is 29.6 Å². The van der Waals surface area contributed by atoms with Crippen molar-refractivity contribution in [3.05, 3.63) is 100 Å². The minimum absolute atomic E-state index is 0.131. The SMILES string of the molecule is O=C1CC(N(CCc2c[nH]c3ccccc23)C(=O)c2ccccc2F)C(=O)N1c1ccc(Br)cc1. The number of aromatic nitrogens is 1. The van der Waals surface area contributed by atoms with Gasteiger partial charge >= 0.3 is 0 Å². The number of nitrogens with one attached hydrogen (secondary N) is 1. The largest absolute Gasteiger partial charge is 0.361 e. The standard InChI is InChI=1S/C27H21BrFN3O3/c28-18-9-11-19(12-10-18)32-25(33)15-24(27(32)35)31(26(34)21-6-1-3-7-22(21)29)14-13-17-16-30-23-8-4-2-5-20(17)23/h1-12,16,24,30H,13-15H2. The second-order valence-corrected chi connectivity index (χ2v) is 9.27. The highest BCUT2D eigenvalue weighted by molar-refractivity contribution is 9.10. The molecular formula is C27H21BrFN3O3. The third-order valence-electron chi connectivity index (χ3n) is 6.25. The van der Waals surface area contributed by atoms with Gasteiger partial charge in [-0.25, -0.2) is 9.29 Å². The predicted molar refractivity (Wildman–Crippen MR) is 134 cm³/mol. The summed E-state index contributed by atoms with van der Waals surface area (Å²) < 4.78 is 15.4. The molecule has 0 bridgehead atoms. The molecule has 1 atom stereocenters. The van der Waals surface area contributed by atoms with E-state index in [4.69, 9.17) is 0 Å². The van der Waals surface area contributed by atoms with Gasteiger partial charge in [-0.3, -0.25) is 14.4 Å². The number of hydrogen-bond donors (Lipinski definition) is 1. The van der Waals surface area contributed by atoms with E-state index in [1.54, 1.807) is 30.3 Å². The summed E-state index contributed by atoms with van der Waals surface area (Å²) in [6, 6.07) is 19.2. The molecule has 176 valence electrons. The molecule has 1 aliphatic heterocycles. The molecule has 1 aliphatic rings. The number of anilines is 1. The minimum atomic E-state index is -1.02. The average Bonchev–Trinajstić information content (AvgIpc) is 3.40. The third kappa shape index (κ3) is 4.37. The summed E-state index contributed by atoms with van der Waals surface area (Å²) in [6.07, 6.45) is 2.13. The second-order valence-electron chi connectivity index (χ2n) is 8.35. The maximum Gasteiger partial charge on any atom is 0.257 e. The molecule has 0 radical (unpaired) electrons. The zero-order chi connectivity index (χ0) is 24.5. The van der Waals surface area contributed by atoms with Crippen LogP contribution >= 0.6 is 15.9 Å². The van der Waals surface area contributed by atoms with Crippen LogP contribution in [0.2, 0.25) is 0 Å². The number of benzene rings is 3. The van der Waals surface area contributed by atoms with E-state index in [0.29, 0.717) is 12.1 Å². The molecule has 35 heavy (non-hydrogen) atoms. The molecule has 1 saturated heterocycles. The lowest BCUT2D eigenvalue weighted by molar-refractivity contribution is -0.122. The summed E-state index contributed by atoms with van der Waals surface area (Å²) >= 11 is 3.35. The summed E-state index contributed by atoms with van der Waals surface area (Å²) in [6.45, 7) is 0.146. The van der Waals surface area contributed by atoms with Gasteiger partial charge in [-0.2, -0.15) is 0 Å². The topological polar surface area (TPSA) is 73.5 Å². The van der Waals surface area contributed by atoms with Gasteiger partial charge in [0.15, 0.2) is 0 Å². The fraction of sp³-hybridized carbons (Fsp3) is 0.148. The Balaban J connectivity index is 1.47. The number of carbonyl (C=O) groups excluding carboxylic acids is 3. The summed E-state index contributed by atoms with van der Waals surface area (Å²) in [7, 11) is 0. The lowest BCUT2D eigenvalue weighted by Crippen LogP contribution is -2.46. The number of halogens is 2. The monoisotopic (exact) mass is 533 g/mol. The highest BCUT2D eigenvalue weighted by Gasteiger charge is 2.44. The Kier molecular flexibility index (Phi) is 6.21. The first-order chi connectivity index (χ1) is 16.9. The Morgan fingerprint density at radius 2 is 1.74 bits per heavy atom. The lowest BCUT2D eigenvalue weighted by atomic mass is 10.1. The van der Waals surface area contributed by atoms with Gasteiger partial charge in [0, 0.05) is 28.1 Å². The van der Waals surface area contributed by atoms with Gasteiger partial charge in [-0.05, 0) is 54.4 Å². The zero-order valence-corrected chi connectivity index (χ0v) is 20.2. The van der Waals surface area contributed by atoms with Crippen molar-refractivity contribution in [3.63, 3.8) is 0 Å². The van der Waals surface area contributed by atoms with Crippen LogP contribution in [-0.2, 0) is 16.0 Å². The number of amides is 3. The molecule has 3 aromatic carbocycles. The van der Waals surface area contributed by atoms with Crippen molar-refractivity contribution in [3.8, 4) is 0 Å². The molecule has 1 unspecified atom stereocenters. The van der Waals surface area contributed by atoms with Gasteiger partial charge < -0.3 is 9.88 Å². The van der Waals surface area contributed by atoms with Crippen molar-refractivity contribution in [1.29, 1.82) is 0 Å². The fourth-order valence-corrected chi connectivity index (χ4v) is 4.75. The number of imide groups is 1.